The Morgan fingerprint density at radius 2 is 0.972 bits per heavy atom. The number of rotatable bonds is 4. The summed E-state index contributed by atoms with van der Waals surface area (Å²) >= 11 is 0. The second kappa shape index (κ2) is 11.0. The maximum atomic E-state index is 11.1. The van der Waals surface area contributed by atoms with E-state index in [1.807, 2.05) is 18.2 Å². The molecule has 3 heteroatoms. The van der Waals surface area contributed by atoms with E-state index in [-0.39, 0.29) is 24.7 Å². The highest BCUT2D eigenvalue weighted by Gasteiger charge is 2.23. The number of aromatic hydroxyl groups is 3. The van der Waals surface area contributed by atoms with E-state index in [9.17, 15) is 15.3 Å². The van der Waals surface area contributed by atoms with E-state index in [1.54, 1.807) is 12.1 Å². The molecule has 0 heterocycles. The third-order valence-electron chi connectivity index (χ3n) is 8.44. The molecule has 2 fully saturated rings. The summed E-state index contributed by atoms with van der Waals surface area (Å²) in [6.45, 7) is 4.17. The highest BCUT2D eigenvalue weighted by atomic mass is 16.3. The van der Waals surface area contributed by atoms with Crippen LogP contribution in [0.2, 0.25) is 0 Å². The third kappa shape index (κ3) is 5.12. The molecule has 3 aromatic carbocycles. The van der Waals surface area contributed by atoms with Gasteiger partial charge >= 0.3 is 0 Å². The summed E-state index contributed by atoms with van der Waals surface area (Å²) in [6, 6.07) is 13.3. The maximum Gasteiger partial charge on any atom is 0.123 e. The number of hydrogen-bond donors (Lipinski definition) is 3. The van der Waals surface area contributed by atoms with Crippen LogP contribution in [-0.4, -0.2) is 15.3 Å². The van der Waals surface area contributed by atoms with E-state index in [0.717, 1.165) is 33.4 Å². The van der Waals surface area contributed by atoms with E-state index >= 15 is 0 Å². The van der Waals surface area contributed by atoms with Gasteiger partial charge in [0.2, 0.25) is 0 Å². The van der Waals surface area contributed by atoms with Crippen molar-refractivity contribution in [3.63, 3.8) is 0 Å². The van der Waals surface area contributed by atoms with E-state index in [0.29, 0.717) is 11.8 Å². The van der Waals surface area contributed by atoms with Crippen LogP contribution >= 0.6 is 0 Å². The maximum absolute atomic E-state index is 11.1. The second-order valence-electron chi connectivity index (χ2n) is 10.9. The highest BCUT2D eigenvalue weighted by Crippen LogP contribution is 2.46. The zero-order chi connectivity index (χ0) is 24.5. The first-order chi connectivity index (χ1) is 16.9. The Kier molecular flexibility index (Phi) is 7.97. The zero-order valence-corrected chi connectivity index (χ0v) is 21.1. The fraction of sp³-hybridized carbons (Fsp3) is 0.455. The average Bonchev–Trinajstić information content (AvgIpc) is 2.86. The molecule has 0 unspecified atom stereocenters. The molecule has 3 nitrogen and oxygen atoms in total. The van der Waals surface area contributed by atoms with Gasteiger partial charge in [-0.3, -0.25) is 0 Å². The topological polar surface area (TPSA) is 60.7 Å². The Labute approximate surface area is 216 Å². The Balaban J connectivity index is 0.00000304. The van der Waals surface area contributed by atoms with Crippen LogP contribution in [0.25, 0.3) is 22.3 Å². The smallest absolute Gasteiger partial charge is 0.123 e. The minimum Gasteiger partial charge on any atom is -0.508 e. The highest BCUT2D eigenvalue weighted by molar-refractivity contribution is 5.89. The fourth-order valence-electron chi connectivity index (χ4n) is 6.55. The molecule has 3 aromatic rings. The van der Waals surface area contributed by atoms with E-state index in [2.05, 4.69) is 26.0 Å². The summed E-state index contributed by atoms with van der Waals surface area (Å²) in [4.78, 5) is 0. The summed E-state index contributed by atoms with van der Waals surface area (Å²) < 4.78 is 0. The molecule has 2 saturated carbocycles. The Hall–Kier alpha value is -2.94. The van der Waals surface area contributed by atoms with Gasteiger partial charge in [-0.2, -0.15) is 0 Å². The molecular weight excluding hydrogens is 444 g/mol. The first kappa shape index (κ1) is 26.1. The summed E-state index contributed by atoms with van der Waals surface area (Å²) in [6.07, 6.45) is 12.4. The van der Waals surface area contributed by atoms with Gasteiger partial charge in [0, 0.05) is 11.1 Å². The molecule has 2 aliphatic carbocycles. The Morgan fingerprint density at radius 1 is 0.528 bits per heavy atom. The van der Waals surface area contributed by atoms with Gasteiger partial charge in [-0.25, -0.2) is 0 Å². The molecule has 0 atom stereocenters. The summed E-state index contributed by atoms with van der Waals surface area (Å²) in [5.74, 6) is 1.65. The minimum atomic E-state index is 0. The van der Waals surface area contributed by atoms with Crippen molar-refractivity contribution in [1.29, 1.82) is 0 Å². The van der Waals surface area contributed by atoms with Crippen molar-refractivity contribution < 1.29 is 15.3 Å². The normalized spacial score (nSPS) is 17.1. The molecule has 0 bridgehead atoms. The molecule has 0 saturated heterocycles. The van der Waals surface area contributed by atoms with Gasteiger partial charge in [-0.1, -0.05) is 46.0 Å². The average molecular weight is 487 g/mol. The van der Waals surface area contributed by atoms with Crippen LogP contribution in [0.1, 0.15) is 106 Å². The number of benzene rings is 3. The Morgan fingerprint density at radius 3 is 1.44 bits per heavy atom. The van der Waals surface area contributed by atoms with E-state index < -0.39 is 0 Å². The first-order valence-electron chi connectivity index (χ1n) is 13.4. The predicted octanol–water partition coefficient (Wildman–Crippen LogP) is 9.49. The molecule has 5 rings (SSSR count). The minimum absolute atomic E-state index is 0. The van der Waals surface area contributed by atoms with Crippen LogP contribution < -0.4 is 0 Å². The molecule has 0 spiro atoms. The Bertz CT molecular complexity index is 1210. The van der Waals surface area contributed by atoms with Crippen LogP contribution in [-0.2, 0) is 0 Å². The molecule has 0 aromatic heterocycles. The lowest BCUT2D eigenvalue weighted by molar-refractivity contribution is 0.440. The third-order valence-corrected chi connectivity index (χ3v) is 8.44. The van der Waals surface area contributed by atoms with Crippen LogP contribution in [0, 0.1) is 13.8 Å². The van der Waals surface area contributed by atoms with Gasteiger partial charge in [-0.05, 0) is 127 Å². The standard InChI is InChI=1S/C32H38O3.CH4/c1-20-15-31(34)29(18-26(20)22-9-5-3-6-10-22)25-14-13-24(33)17-28(25)30-19-27(21(2)16-32(30)35)23-11-7-4-8-12-23;/h13-19,22-23,33-35H,3-12H2,1-2H3;1H4. The van der Waals surface area contributed by atoms with Crippen molar-refractivity contribution in [2.75, 3.05) is 0 Å². The van der Waals surface area contributed by atoms with Crippen molar-refractivity contribution in [3.8, 4) is 39.5 Å². The van der Waals surface area contributed by atoms with Crippen molar-refractivity contribution in [2.24, 2.45) is 0 Å². The lowest BCUT2D eigenvalue weighted by Crippen LogP contribution is -2.07. The predicted molar refractivity (Wildman–Crippen MR) is 150 cm³/mol. The van der Waals surface area contributed by atoms with Gasteiger partial charge < -0.3 is 15.3 Å². The monoisotopic (exact) mass is 486 g/mol. The van der Waals surface area contributed by atoms with Crippen molar-refractivity contribution >= 4 is 0 Å². The largest absolute Gasteiger partial charge is 0.508 e. The van der Waals surface area contributed by atoms with Crippen LogP contribution in [0.3, 0.4) is 0 Å². The molecule has 3 N–H and O–H groups in total. The van der Waals surface area contributed by atoms with Gasteiger partial charge in [0.05, 0.1) is 0 Å². The lowest BCUT2D eigenvalue weighted by Gasteiger charge is -2.26. The van der Waals surface area contributed by atoms with Gasteiger partial charge in [0.1, 0.15) is 17.2 Å². The molecule has 0 amide bonds. The molecule has 0 aliphatic heterocycles. The van der Waals surface area contributed by atoms with Crippen molar-refractivity contribution in [1.82, 2.24) is 0 Å². The summed E-state index contributed by atoms with van der Waals surface area (Å²) in [7, 11) is 0. The molecule has 36 heavy (non-hydrogen) atoms. The van der Waals surface area contributed by atoms with E-state index in [1.165, 1.54) is 75.3 Å². The zero-order valence-electron chi connectivity index (χ0n) is 21.1. The molecular formula is C33H42O3. The van der Waals surface area contributed by atoms with Crippen molar-refractivity contribution in [3.05, 3.63) is 64.7 Å². The van der Waals surface area contributed by atoms with Crippen LogP contribution in [0.4, 0.5) is 0 Å². The summed E-state index contributed by atoms with van der Waals surface area (Å²) in [5, 5.41) is 32.5. The number of phenolic OH excluding ortho intramolecular Hbond substituents is 3. The van der Waals surface area contributed by atoms with Crippen LogP contribution in [0.5, 0.6) is 17.2 Å². The lowest BCUT2D eigenvalue weighted by atomic mass is 9.79. The SMILES string of the molecule is C.Cc1cc(O)c(-c2ccc(O)cc2-c2cc(C3CCCCC3)c(C)cc2O)cc1C1CCCCC1. The van der Waals surface area contributed by atoms with E-state index in [4.69, 9.17) is 0 Å². The second-order valence-corrected chi connectivity index (χ2v) is 10.9. The van der Waals surface area contributed by atoms with Crippen molar-refractivity contribution in [2.45, 2.75) is 97.3 Å². The number of phenols is 3. The fourth-order valence-corrected chi connectivity index (χ4v) is 6.55. The molecule has 0 radical (unpaired) electrons. The van der Waals surface area contributed by atoms with Gasteiger partial charge in [0.15, 0.2) is 0 Å². The molecule has 192 valence electrons. The first-order valence-corrected chi connectivity index (χ1v) is 13.4. The van der Waals surface area contributed by atoms with Gasteiger partial charge in [-0.15, -0.1) is 0 Å². The summed E-state index contributed by atoms with van der Waals surface area (Å²) in [5.41, 5.74) is 7.95. The van der Waals surface area contributed by atoms with Crippen LogP contribution in [0.15, 0.2) is 42.5 Å². The van der Waals surface area contributed by atoms with Gasteiger partial charge in [0.25, 0.3) is 0 Å². The quantitative estimate of drug-likeness (QED) is 0.344. The number of hydrogen-bond acceptors (Lipinski definition) is 3. The number of aryl methyl sites for hydroxylation is 2. The molecule has 2 aliphatic rings.